The number of rotatable bonds is 3. The van der Waals surface area contributed by atoms with Gasteiger partial charge in [0.25, 0.3) is 0 Å². The van der Waals surface area contributed by atoms with Crippen LogP contribution in [0.5, 0.6) is 0 Å². The van der Waals surface area contributed by atoms with Gasteiger partial charge < -0.3 is 5.73 Å². The predicted molar refractivity (Wildman–Crippen MR) is 70.0 cm³/mol. The number of benzene rings is 1. The summed E-state index contributed by atoms with van der Waals surface area (Å²) >= 11 is 6.06. The third kappa shape index (κ3) is 2.40. The summed E-state index contributed by atoms with van der Waals surface area (Å²) in [5.74, 6) is -0.345. The summed E-state index contributed by atoms with van der Waals surface area (Å²) in [5, 5.41) is 4.79. The van der Waals surface area contributed by atoms with E-state index in [1.165, 1.54) is 18.2 Å². The van der Waals surface area contributed by atoms with Crippen LogP contribution in [0.4, 0.5) is 4.39 Å². The molecule has 0 saturated heterocycles. The van der Waals surface area contributed by atoms with Crippen LogP contribution in [0.1, 0.15) is 29.9 Å². The molecule has 1 aromatic carbocycles. The lowest BCUT2D eigenvalue weighted by molar-refractivity contribution is 0.619. The molecule has 0 bridgehead atoms. The number of nitrogens with two attached hydrogens (primary N) is 1. The van der Waals surface area contributed by atoms with E-state index in [1.54, 1.807) is 4.68 Å². The minimum Gasteiger partial charge on any atom is -0.319 e. The normalized spacial score (nSPS) is 12.7. The Morgan fingerprint density at radius 3 is 2.78 bits per heavy atom. The van der Waals surface area contributed by atoms with Crippen molar-refractivity contribution in [2.24, 2.45) is 12.8 Å². The lowest BCUT2D eigenvalue weighted by Crippen LogP contribution is -2.16. The number of aryl methyl sites for hydroxylation is 2. The summed E-state index contributed by atoms with van der Waals surface area (Å²) in [4.78, 5) is 0. The summed E-state index contributed by atoms with van der Waals surface area (Å²) in [5.41, 5.74) is 8.49. The van der Waals surface area contributed by atoms with Gasteiger partial charge in [-0.15, -0.1) is 0 Å². The van der Waals surface area contributed by atoms with E-state index in [0.29, 0.717) is 10.6 Å². The Morgan fingerprint density at radius 1 is 1.44 bits per heavy atom. The van der Waals surface area contributed by atoms with Crippen LogP contribution in [0.3, 0.4) is 0 Å². The van der Waals surface area contributed by atoms with Gasteiger partial charge in [-0.05, 0) is 36.2 Å². The van der Waals surface area contributed by atoms with Gasteiger partial charge in [-0.2, -0.15) is 5.10 Å². The molecule has 0 aliphatic carbocycles. The molecular weight excluding hydrogens is 253 g/mol. The quantitative estimate of drug-likeness (QED) is 0.929. The summed E-state index contributed by atoms with van der Waals surface area (Å²) in [7, 11) is 1.82. The third-order valence-corrected chi connectivity index (χ3v) is 3.28. The maximum absolute atomic E-state index is 13.3. The lowest BCUT2D eigenvalue weighted by Gasteiger charge is -2.14. The fourth-order valence-electron chi connectivity index (χ4n) is 1.92. The van der Waals surface area contributed by atoms with Crippen LogP contribution in [-0.4, -0.2) is 9.78 Å². The van der Waals surface area contributed by atoms with E-state index in [1.807, 2.05) is 20.0 Å². The highest BCUT2D eigenvalue weighted by molar-refractivity contribution is 6.31. The Bertz CT molecular complexity index is 565. The zero-order valence-electron chi connectivity index (χ0n) is 10.3. The molecule has 0 saturated carbocycles. The van der Waals surface area contributed by atoms with Crippen molar-refractivity contribution < 1.29 is 4.39 Å². The molecule has 0 fully saturated rings. The Balaban J connectivity index is 2.43. The molecule has 0 spiro atoms. The molecule has 2 N–H and O–H groups in total. The minimum absolute atomic E-state index is 0.345. The van der Waals surface area contributed by atoms with Crippen molar-refractivity contribution in [3.63, 3.8) is 0 Å². The number of nitrogens with zero attached hydrogens (tertiary/aromatic N) is 2. The molecule has 3 nitrogen and oxygen atoms in total. The number of hydrogen-bond acceptors (Lipinski definition) is 2. The molecule has 1 atom stereocenters. The molecule has 18 heavy (non-hydrogen) atoms. The Morgan fingerprint density at radius 2 is 2.17 bits per heavy atom. The van der Waals surface area contributed by atoms with Crippen LogP contribution in [0.15, 0.2) is 24.3 Å². The van der Waals surface area contributed by atoms with Gasteiger partial charge >= 0.3 is 0 Å². The monoisotopic (exact) mass is 267 g/mol. The maximum Gasteiger partial charge on any atom is 0.123 e. The van der Waals surface area contributed by atoms with E-state index in [4.69, 9.17) is 17.3 Å². The molecule has 5 heteroatoms. The average molecular weight is 268 g/mol. The summed E-state index contributed by atoms with van der Waals surface area (Å²) in [6, 6.07) is 5.64. The number of halogens is 2. The van der Waals surface area contributed by atoms with Crippen LogP contribution in [0, 0.1) is 5.82 Å². The molecule has 1 unspecified atom stereocenters. The highest BCUT2D eigenvalue weighted by atomic mass is 35.5. The van der Waals surface area contributed by atoms with Crippen LogP contribution >= 0.6 is 11.6 Å². The number of hydrogen-bond donors (Lipinski definition) is 1. The Hall–Kier alpha value is -1.39. The van der Waals surface area contributed by atoms with Crippen molar-refractivity contribution in [2.75, 3.05) is 0 Å². The smallest absolute Gasteiger partial charge is 0.123 e. The third-order valence-electron chi connectivity index (χ3n) is 2.94. The van der Waals surface area contributed by atoms with E-state index in [-0.39, 0.29) is 5.82 Å². The fraction of sp³-hybridized carbons (Fsp3) is 0.308. The van der Waals surface area contributed by atoms with Crippen molar-refractivity contribution in [1.82, 2.24) is 9.78 Å². The van der Waals surface area contributed by atoms with Crippen LogP contribution in [0.25, 0.3) is 0 Å². The van der Waals surface area contributed by atoms with Crippen LogP contribution in [-0.2, 0) is 13.5 Å². The predicted octanol–water partition coefficient (Wildman–Crippen LogP) is 2.82. The van der Waals surface area contributed by atoms with Gasteiger partial charge in [0, 0.05) is 12.1 Å². The first kappa shape index (κ1) is 13.1. The van der Waals surface area contributed by atoms with E-state index in [9.17, 15) is 4.39 Å². The highest BCUT2D eigenvalue weighted by Crippen LogP contribution is 2.27. The van der Waals surface area contributed by atoms with Gasteiger partial charge in [0.1, 0.15) is 5.82 Å². The second kappa shape index (κ2) is 5.08. The summed E-state index contributed by atoms with van der Waals surface area (Å²) in [6.07, 6.45) is 0.831. The zero-order chi connectivity index (χ0) is 13.3. The minimum atomic E-state index is -0.481. The second-order valence-electron chi connectivity index (χ2n) is 4.18. The molecule has 96 valence electrons. The van der Waals surface area contributed by atoms with Crippen molar-refractivity contribution in [1.29, 1.82) is 0 Å². The first-order valence-corrected chi connectivity index (χ1v) is 6.14. The van der Waals surface area contributed by atoms with Gasteiger partial charge in [-0.3, -0.25) is 4.68 Å². The van der Waals surface area contributed by atoms with Gasteiger partial charge in [-0.25, -0.2) is 4.39 Å². The Labute approximate surface area is 110 Å². The van der Waals surface area contributed by atoms with Crippen molar-refractivity contribution in [2.45, 2.75) is 19.4 Å². The molecule has 2 aromatic rings. The van der Waals surface area contributed by atoms with E-state index in [2.05, 4.69) is 5.10 Å². The first-order valence-electron chi connectivity index (χ1n) is 5.76. The number of aromatic nitrogens is 2. The van der Waals surface area contributed by atoms with Crippen molar-refractivity contribution in [3.8, 4) is 0 Å². The summed E-state index contributed by atoms with van der Waals surface area (Å²) in [6.45, 7) is 2.02. The van der Waals surface area contributed by atoms with E-state index in [0.717, 1.165) is 17.8 Å². The van der Waals surface area contributed by atoms with Crippen LogP contribution in [0.2, 0.25) is 5.02 Å². The SMILES string of the molecule is CCc1cc(C(N)c2cc(F)ccc2Cl)n(C)n1. The fourth-order valence-corrected chi connectivity index (χ4v) is 2.15. The van der Waals surface area contributed by atoms with Crippen LogP contribution < -0.4 is 5.73 Å². The largest absolute Gasteiger partial charge is 0.319 e. The topological polar surface area (TPSA) is 43.8 Å². The Kier molecular flexibility index (Phi) is 3.68. The zero-order valence-corrected chi connectivity index (χ0v) is 11.1. The van der Waals surface area contributed by atoms with E-state index < -0.39 is 6.04 Å². The average Bonchev–Trinajstić information content (AvgIpc) is 2.73. The molecule has 0 aliphatic rings. The van der Waals surface area contributed by atoms with Gasteiger partial charge in [0.2, 0.25) is 0 Å². The molecule has 1 aromatic heterocycles. The molecular formula is C13H15ClFN3. The second-order valence-corrected chi connectivity index (χ2v) is 4.59. The van der Waals surface area contributed by atoms with Crippen molar-refractivity contribution in [3.05, 3.63) is 52.1 Å². The van der Waals surface area contributed by atoms with Crippen molar-refractivity contribution >= 4 is 11.6 Å². The van der Waals surface area contributed by atoms with Gasteiger partial charge in [0.15, 0.2) is 0 Å². The summed E-state index contributed by atoms with van der Waals surface area (Å²) < 4.78 is 15.0. The first-order chi connectivity index (χ1) is 8.52. The van der Waals surface area contributed by atoms with E-state index >= 15 is 0 Å². The molecule has 0 amide bonds. The molecule has 0 radical (unpaired) electrons. The highest BCUT2D eigenvalue weighted by Gasteiger charge is 2.17. The maximum atomic E-state index is 13.3. The van der Waals surface area contributed by atoms with Gasteiger partial charge in [-0.1, -0.05) is 18.5 Å². The molecule has 2 rings (SSSR count). The molecule has 0 aliphatic heterocycles. The lowest BCUT2D eigenvalue weighted by atomic mass is 10.0. The molecule has 1 heterocycles. The standard InChI is InChI=1S/C13H15ClFN3/c1-3-9-7-12(18(2)17-9)13(16)10-6-8(15)4-5-11(10)14/h4-7,13H,3,16H2,1-2H3. The van der Waals surface area contributed by atoms with Gasteiger partial charge in [0.05, 0.1) is 17.4 Å².